The number of anilines is 1. The van der Waals surface area contributed by atoms with Gasteiger partial charge in [-0.2, -0.15) is 4.98 Å². The minimum Gasteiger partial charge on any atom is -0.348 e. The largest absolute Gasteiger partial charge is 0.348 e. The molecule has 1 unspecified atom stereocenters. The van der Waals surface area contributed by atoms with E-state index in [0.29, 0.717) is 11.6 Å². The molecule has 0 aliphatic heterocycles. The number of rotatable bonds is 6. The maximum Gasteiger partial charge on any atom is 0.252 e. The standard InChI is InChI=1S/C23H28N4O/c1-6-17(7-2)19-10-8-18(9-11-19)16(5)25-23-24-14-20-12-13-21(28)27(15(3)4)22(20)26-23/h6,8-16H,7H2,1-5H3,(H,24,25,26)/b17-6+. The van der Waals surface area contributed by atoms with Gasteiger partial charge < -0.3 is 5.32 Å². The number of fused-ring (bicyclic) bond motifs is 1. The lowest BCUT2D eigenvalue weighted by atomic mass is 10.00. The summed E-state index contributed by atoms with van der Waals surface area (Å²) in [5, 5.41) is 4.22. The van der Waals surface area contributed by atoms with Crippen LogP contribution in [0.2, 0.25) is 0 Å². The number of benzene rings is 1. The number of nitrogens with one attached hydrogen (secondary N) is 1. The first-order valence-corrected chi connectivity index (χ1v) is 9.85. The topological polar surface area (TPSA) is 59.8 Å². The zero-order valence-electron chi connectivity index (χ0n) is 17.2. The van der Waals surface area contributed by atoms with Crippen molar-refractivity contribution in [1.82, 2.24) is 14.5 Å². The van der Waals surface area contributed by atoms with Gasteiger partial charge in [0.2, 0.25) is 5.95 Å². The Kier molecular flexibility index (Phi) is 5.93. The third-order valence-electron chi connectivity index (χ3n) is 5.04. The van der Waals surface area contributed by atoms with Crippen LogP contribution < -0.4 is 10.9 Å². The zero-order chi connectivity index (χ0) is 20.3. The molecule has 28 heavy (non-hydrogen) atoms. The van der Waals surface area contributed by atoms with Crippen LogP contribution in [0.25, 0.3) is 16.6 Å². The molecule has 0 saturated carbocycles. The van der Waals surface area contributed by atoms with Crippen LogP contribution in [0.1, 0.15) is 64.3 Å². The van der Waals surface area contributed by atoms with Gasteiger partial charge in [-0.05, 0) is 56.9 Å². The van der Waals surface area contributed by atoms with Crippen LogP contribution in [-0.2, 0) is 0 Å². The van der Waals surface area contributed by atoms with Crippen molar-refractivity contribution in [3.8, 4) is 0 Å². The summed E-state index contributed by atoms with van der Waals surface area (Å²) in [6, 6.07) is 12.0. The lowest BCUT2D eigenvalue weighted by molar-refractivity contribution is 0.595. The number of allylic oxidation sites excluding steroid dienone is 2. The molecule has 2 aromatic heterocycles. The summed E-state index contributed by atoms with van der Waals surface area (Å²) < 4.78 is 1.70. The van der Waals surface area contributed by atoms with Gasteiger partial charge in [-0.25, -0.2) is 4.98 Å². The van der Waals surface area contributed by atoms with Gasteiger partial charge in [0.15, 0.2) is 0 Å². The Labute approximate surface area is 166 Å². The molecule has 2 heterocycles. The van der Waals surface area contributed by atoms with Crippen molar-refractivity contribution in [3.63, 3.8) is 0 Å². The molecule has 1 N–H and O–H groups in total. The molecular weight excluding hydrogens is 348 g/mol. The summed E-state index contributed by atoms with van der Waals surface area (Å²) in [6.45, 7) is 10.3. The highest BCUT2D eigenvalue weighted by Gasteiger charge is 2.12. The summed E-state index contributed by atoms with van der Waals surface area (Å²) >= 11 is 0. The van der Waals surface area contributed by atoms with Crippen molar-refractivity contribution in [2.75, 3.05) is 5.32 Å². The van der Waals surface area contributed by atoms with E-state index in [1.165, 1.54) is 11.1 Å². The van der Waals surface area contributed by atoms with Gasteiger partial charge in [0, 0.05) is 23.7 Å². The molecule has 0 aliphatic rings. The monoisotopic (exact) mass is 376 g/mol. The Bertz CT molecular complexity index is 1050. The smallest absolute Gasteiger partial charge is 0.252 e. The van der Waals surface area contributed by atoms with Crippen molar-refractivity contribution in [1.29, 1.82) is 0 Å². The summed E-state index contributed by atoms with van der Waals surface area (Å²) in [4.78, 5) is 21.3. The summed E-state index contributed by atoms with van der Waals surface area (Å²) in [6.07, 6.45) is 4.94. The maximum atomic E-state index is 12.2. The van der Waals surface area contributed by atoms with Gasteiger partial charge >= 0.3 is 0 Å². The van der Waals surface area contributed by atoms with Crippen LogP contribution in [0, 0.1) is 0 Å². The van der Waals surface area contributed by atoms with Gasteiger partial charge in [0.05, 0.1) is 6.04 Å². The highest BCUT2D eigenvalue weighted by Crippen LogP contribution is 2.23. The highest BCUT2D eigenvalue weighted by atomic mass is 16.1. The number of aromatic nitrogens is 3. The number of nitrogens with zero attached hydrogens (tertiary/aromatic N) is 3. The lowest BCUT2D eigenvalue weighted by Gasteiger charge is -2.17. The normalized spacial score (nSPS) is 13.1. The Hall–Kier alpha value is -2.95. The van der Waals surface area contributed by atoms with E-state index in [2.05, 4.69) is 66.4 Å². The van der Waals surface area contributed by atoms with E-state index in [1.807, 2.05) is 13.8 Å². The summed E-state index contributed by atoms with van der Waals surface area (Å²) in [5.41, 5.74) is 4.36. The molecule has 5 nitrogen and oxygen atoms in total. The Morgan fingerprint density at radius 3 is 2.46 bits per heavy atom. The zero-order valence-corrected chi connectivity index (χ0v) is 17.2. The van der Waals surface area contributed by atoms with Crippen LogP contribution in [-0.4, -0.2) is 14.5 Å². The first-order valence-electron chi connectivity index (χ1n) is 9.85. The fourth-order valence-corrected chi connectivity index (χ4v) is 3.44. The first kappa shape index (κ1) is 19.8. The van der Waals surface area contributed by atoms with E-state index in [4.69, 9.17) is 0 Å². The first-order chi connectivity index (χ1) is 13.4. The molecule has 0 radical (unpaired) electrons. The molecule has 0 saturated heterocycles. The van der Waals surface area contributed by atoms with E-state index in [9.17, 15) is 4.79 Å². The van der Waals surface area contributed by atoms with Crippen LogP contribution in [0.3, 0.4) is 0 Å². The molecule has 0 aliphatic carbocycles. The predicted octanol–water partition coefficient (Wildman–Crippen LogP) is 5.36. The Morgan fingerprint density at radius 1 is 1.14 bits per heavy atom. The average molecular weight is 377 g/mol. The molecule has 5 heteroatoms. The second-order valence-electron chi connectivity index (χ2n) is 7.26. The second kappa shape index (κ2) is 8.38. The molecular formula is C23H28N4O. The fourth-order valence-electron chi connectivity index (χ4n) is 3.44. The van der Waals surface area contributed by atoms with Crippen LogP contribution in [0.4, 0.5) is 5.95 Å². The predicted molar refractivity (Wildman–Crippen MR) is 117 cm³/mol. The van der Waals surface area contributed by atoms with Crippen LogP contribution in [0.5, 0.6) is 0 Å². The van der Waals surface area contributed by atoms with Crippen molar-refractivity contribution < 1.29 is 0 Å². The van der Waals surface area contributed by atoms with Gasteiger partial charge in [0.1, 0.15) is 5.65 Å². The molecule has 0 bridgehead atoms. The molecule has 146 valence electrons. The SMILES string of the molecule is C/C=C(\CC)c1ccc(C(C)Nc2ncc3ccc(=O)n(C(C)C)c3n2)cc1. The minimum absolute atomic E-state index is 0.0308. The fraction of sp³-hybridized carbons (Fsp3) is 0.348. The van der Waals surface area contributed by atoms with E-state index in [0.717, 1.165) is 17.4 Å². The van der Waals surface area contributed by atoms with Gasteiger partial charge in [-0.1, -0.05) is 37.3 Å². The molecule has 3 aromatic rings. The molecule has 3 rings (SSSR count). The Balaban J connectivity index is 1.88. The molecule has 0 amide bonds. The van der Waals surface area contributed by atoms with Gasteiger partial charge in [0.25, 0.3) is 5.56 Å². The highest BCUT2D eigenvalue weighted by molar-refractivity contribution is 5.75. The third kappa shape index (κ3) is 3.98. The van der Waals surface area contributed by atoms with Crippen molar-refractivity contribution >= 4 is 22.6 Å². The van der Waals surface area contributed by atoms with Crippen molar-refractivity contribution in [2.45, 2.75) is 53.1 Å². The van der Waals surface area contributed by atoms with Crippen molar-refractivity contribution in [2.24, 2.45) is 0 Å². The van der Waals surface area contributed by atoms with Gasteiger partial charge in [-0.3, -0.25) is 9.36 Å². The van der Waals surface area contributed by atoms with Crippen molar-refractivity contribution in [3.05, 3.63) is 70.2 Å². The van der Waals surface area contributed by atoms with E-state index < -0.39 is 0 Å². The Morgan fingerprint density at radius 2 is 1.86 bits per heavy atom. The molecule has 1 atom stereocenters. The lowest BCUT2D eigenvalue weighted by Crippen LogP contribution is -2.22. The summed E-state index contributed by atoms with van der Waals surface area (Å²) in [5.74, 6) is 0.520. The van der Waals surface area contributed by atoms with E-state index in [-0.39, 0.29) is 17.6 Å². The molecule has 0 spiro atoms. The quantitative estimate of drug-likeness (QED) is 0.629. The number of hydrogen-bond donors (Lipinski definition) is 1. The third-order valence-corrected chi connectivity index (χ3v) is 5.04. The maximum absolute atomic E-state index is 12.2. The summed E-state index contributed by atoms with van der Waals surface area (Å²) in [7, 11) is 0. The average Bonchev–Trinajstić information content (AvgIpc) is 2.69. The molecule has 0 fully saturated rings. The van der Waals surface area contributed by atoms with Crippen LogP contribution in [0.15, 0.2) is 53.5 Å². The molecule has 1 aromatic carbocycles. The number of hydrogen-bond acceptors (Lipinski definition) is 4. The van der Waals surface area contributed by atoms with E-state index in [1.54, 1.807) is 22.9 Å². The number of pyridine rings is 1. The second-order valence-corrected chi connectivity index (χ2v) is 7.26. The van der Waals surface area contributed by atoms with Crippen LogP contribution >= 0.6 is 0 Å². The van der Waals surface area contributed by atoms with Gasteiger partial charge in [-0.15, -0.1) is 0 Å². The minimum atomic E-state index is -0.0495. The van der Waals surface area contributed by atoms with E-state index >= 15 is 0 Å².